The number of carbonyl (C=O) groups excluding carboxylic acids is 1. The molecular weight excluding hydrogens is 270 g/mol. The molecule has 1 N–H and O–H groups in total. The number of hydrogen-bond donors (Lipinski definition) is 1. The highest BCUT2D eigenvalue weighted by atomic mass is 32.1. The van der Waals surface area contributed by atoms with Crippen molar-refractivity contribution < 1.29 is 4.79 Å². The molecule has 3 rings (SSSR count). The molecule has 2 fully saturated rings. The summed E-state index contributed by atoms with van der Waals surface area (Å²) in [6.07, 6.45) is 7.21. The number of aromatic nitrogens is 1. The topological polar surface area (TPSA) is 45.2 Å². The second kappa shape index (κ2) is 6.22. The van der Waals surface area contributed by atoms with E-state index >= 15 is 0 Å². The molecule has 0 saturated carbocycles. The van der Waals surface area contributed by atoms with Gasteiger partial charge in [0, 0.05) is 30.1 Å². The van der Waals surface area contributed by atoms with Crippen molar-refractivity contribution >= 4 is 17.2 Å². The van der Waals surface area contributed by atoms with Gasteiger partial charge in [-0.15, -0.1) is 11.3 Å². The summed E-state index contributed by atoms with van der Waals surface area (Å²) in [6.45, 7) is 4.04. The molecule has 0 bridgehead atoms. The maximum Gasteiger partial charge on any atom is 0.226 e. The molecule has 110 valence electrons. The van der Waals surface area contributed by atoms with Crippen molar-refractivity contribution in [3.8, 4) is 0 Å². The molecule has 4 nitrogen and oxygen atoms in total. The van der Waals surface area contributed by atoms with Gasteiger partial charge < -0.3 is 10.2 Å². The highest BCUT2D eigenvalue weighted by Crippen LogP contribution is 2.34. The van der Waals surface area contributed by atoms with Gasteiger partial charge in [0.25, 0.3) is 0 Å². The van der Waals surface area contributed by atoms with Crippen molar-refractivity contribution in [1.29, 1.82) is 0 Å². The number of hydrogen-bond acceptors (Lipinski definition) is 4. The number of carbonyl (C=O) groups is 1. The summed E-state index contributed by atoms with van der Waals surface area (Å²) in [5.74, 6) is 0.560. The third-order valence-electron chi connectivity index (χ3n) is 4.50. The van der Waals surface area contributed by atoms with E-state index in [4.69, 9.17) is 0 Å². The van der Waals surface area contributed by atoms with E-state index in [1.807, 2.05) is 11.6 Å². The molecule has 3 heterocycles. The van der Waals surface area contributed by atoms with Crippen LogP contribution in [0.1, 0.15) is 50.1 Å². The van der Waals surface area contributed by atoms with E-state index in [1.54, 1.807) is 11.3 Å². The number of amides is 1. The summed E-state index contributed by atoms with van der Waals surface area (Å²) in [6, 6.07) is 0.683. The largest absolute Gasteiger partial charge is 0.333 e. The zero-order chi connectivity index (χ0) is 13.9. The van der Waals surface area contributed by atoms with Crippen LogP contribution < -0.4 is 5.32 Å². The van der Waals surface area contributed by atoms with Gasteiger partial charge in [0.1, 0.15) is 5.01 Å². The Hall–Kier alpha value is -0.940. The number of likely N-dealkylation sites (tertiary alicyclic amines) is 1. The molecule has 1 unspecified atom stereocenters. The zero-order valence-corrected chi connectivity index (χ0v) is 12.9. The third-order valence-corrected chi connectivity index (χ3v) is 5.37. The number of piperidine rings is 2. The fourth-order valence-corrected chi connectivity index (χ4v) is 4.23. The summed E-state index contributed by atoms with van der Waals surface area (Å²) < 4.78 is 0. The molecule has 2 saturated heterocycles. The van der Waals surface area contributed by atoms with Crippen molar-refractivity contribution in [3.63, 3.8) is 0 Å². The van der Waals surface area contributed by atoms with Crippen LogP contribution in [0.25, 0.3) is 0 Å². The van der Waals surface area contributed by atoms with E-state index in [0.717, 1.165) is 43.8 Å². The first-order valence-corrected chi connectivity index (χ1v) is 8.57. The lowest BCUT2D eigenvalue weighted by atomic mass is 9.90. The lowest BCUT2D eigenvalue weighted by Gasteiger charge is -2.38. The van der Waals surface area contributed by atoms with E-state index in [1.165, 1.54) is 6.42 Å². The van der Waals surface area contributed by atoms with Gasteiger partial charge in [0.05, 0.1) is 6.04 Å². The Balaban J connectivity index is 1.74. The van der Waals surface area contributed by atoms with Crippen molar-refractivity contribution in [3.05, 3.63) is 16.6 Å². The summed E-state index contributed by atoms with van der Waals surface area (Å²) in [5, 5.41) is 6.55. The van der Waals surface area contributed by atoms with Crippen molar-refractivity contribution in [2.45, 2.75) is 51.1 Å². The zero-order valence-electron chi connectivity index (χ0n) is 12.0. The summed E-state index contributed by atoms with van der Waals surface area (Å²) in [7, 11) is 0. The summed E-state index contributed by atoms with van der Waals surface area (Å²) in [4.78, 5) is 19.4. The first-order chi connectivity index (χ1) is 9.75. The summed E-state index contributed by atoms with van der Waals surface area (Å²) in [5.41, 5.74) is 0. The quantitative estimate of drug-likeness (QED) is 0.911. The van der Waals surface area contributed by atoms with Crippen LogP contribution in [-0.2, 0) is 4.79 Å². The van der Waals surface area contributed by atoms with Crippen LogP contribution in [0.15, 0.2) is 11.6 Å². The maximum atomic E-state index is 12.9. The molecule has 1 aromatic heterocycles. The Morgan fingerprint density at radius 2 is 2.35 bits per heavy atom. The molecule has 0 aromatic carbocycles. The monoisotopic (exact) mass is 293 g/mol. The fourth-order valence-electron chi connectivity index (χ4n) is 3.44. The lowest BCUT2D eigenvalue weighted by molar-refractivity contribution is -0.140. The second-order valence-electron chi connectivity index (χ2n) is 5.99. The van der Waals surface area contributed by atoms with E-state index in [0.29, 0.717) is 11.9 Å². The van der Waals surface area contributed by atoms with E-state index < -0.39 is 0 Å². The number of nitrogens with one attached hydrogen (secondary N) is 1. The molecule has 1 aromatic rings. The molecule has 2 aliphatic rings. The number of rotatable bonds is 2. The van der Waals surface area contributed by atoms with Crippen LogP contribution in [0.3, 0.4) is 0 Å². The number of nitrogens with zero attached hydrogens (tertiary/aromatic N) is 2. The van der Waals surface area contributed by atoms with Gasteiger partial charge >= 0.3 is 0 Å². The minimum atomic E-state index is 0.201. The Labute approximate surface area is 124 Å². The molecular formula is C15H23N3OS. The van der Waals surface area contributed by atoms with Crippen molar-refractivity contribution in [1.82, 2.24) is 15.2 Å². The second-order valence-corrected chi connectivity index (χ2v) is 6.92. The minimum absolute atomic E-state index is 0.201. The maximum absolute atomic E-state index is 12.9. The predicted molar refractivity (Wildman–Crippen MR) is 80.6 cm³/mol. The minimum Gasteiger partial charge on any atom is -0.333 e. The molecule has 20 heavy (non-hydrogen) atoms. The van der Waals surface area contributed by atoms with Crippen LogP contribution in [0.2, 0.25) is 0 Å². The van der Waals surface area contributed by atoms with Crippen LogP contribution >= 0.6 is 11.3 Å². The normalized spacial score (nSPS) is 31.2. The van der Waals surface area contributed by atoms with Crippen LogP contribution in [-0.4, -0.2) is 34.9 Å². The van der Waals surface area contributed by atoms with Crippen LogP contribution in [0.4, 0.5) is 0 Å². The SMILES string of the molecule is C[C@H]1C[C@@H](C(=O)N2CCCCC2c2nccs2)CCN1. The molecule has 0 radical (unpaired) electrons. The van der Waals surface area contributed by atoms with Gasteiger partial charge in [-0.1, -0.05) is 0 Å². The molecule has 2 aliphatic heterocycles. The lowest BCUT2D eigenvalue weighted by Crippen LogP contribution is -2.46. The van der Waals surface area contributed by atoms with Crippen molar-refractivity contribution in [2.24, 2.45) is 5.92 Å². The molecule has 0 aliphatic carbocycles. The van der Waals surface area contributed by atoms with Gasteiger partial charge in [0.2, 0.25) is 5.91 Å². The van der Waals surface area contributed by atoms with Crippen LogP contribution in [0, 0.1) is 5.92 Å². The highest BCUT2D eigenvalue weighted by molar-refractivity contribution is 7.09. The van der Waals surface area contributed by atoms with Gasteiger partial charge in [0.15, 0.2) is 0 Å². The average Bonchev–Trinajstić information content (AvgIpc) is 3.00. The van der Waals surface area contributed by atoms with E-state index in [9.17, 15) is 4.79 Å². The predicted octanol–water partition coefficient (Wildman–Crippen LogP) is 2.58. The first kappa shape index (κ1) is 14.0. The highest BCUT2D eigenvalue weighted by Gasteiger charge is 2.35. The fraction of sp³-hybridized carbons (Fsp3) is 0.733. The first-order valence-electron chi connectivity index (χ1n) is 7.69. The van der Waals surface area contributed by atoms with Gasteiger partial charge in [-0.2, -0.15) is 0 Å². The van der Waals surface area contributed by atoms with Crippen molar-refractivity contribution in [2.75, 3.05) is 13.1 Å². The smallest absolute Gasteiger partial charge is 0.226 e. The van der Waals surface area contributed by atoms with E-state index in [-0.39, 0.29) is 12.0 Å². The van der Waals surface area contributed by atoms with Gasteiger partial charge in [-0.3, -0.25) is 4.79 Å². The average molecular weight is 293 g/mol. The Morgan fingerprint density at radius 1 is 1.45 bits per heavy atom. The van der Waals surface area contributed by atoms with E-state index in [2.05, 4.69) is 22.1 Å². The Morgan fingerprint density at radius 3 is 3.10 bits per heavy atom. The van der Waals surface area contributed by atoms with Crippen LogP contribution in [0.5, 0.6) is 0 Å². The molecule has 0 spiro atoms. The Bertz CT molecular complexity index is 448. The van der Waals surface area contributed by atoms with Gasteiger partial charge in [-0.05, 0) is 45.6 Å². The summed E-state index contributed by atoms with van der Waals surface area (Å²) >= 11 is 1.68. The Kier molecular flexibility index (Phi) is 4.36. The number of thiazole rings is 1. The molecule has 5 heteroatoms. The standard InChI is InChI=1S/C15H23N3OS/c1-11-10-12(5-6-16-11)15(19)18-8-3-2-4-13(18)14-17-7-9-20-14/h7,9,11-13,16H,2-6,8,10H2,1H3/t11-,12-,13?/m0/s1. The third kappa shape index (κ3) is 2.88. The molecule has 1 amide bonds. The van der Waals surface area contributed by atoms with Gasteiger partial charge in [-0.25, -0.2) is 4.98 Å². The molecule has 3 atom stereocenters.